The smallest absolute Gasteiger partial charge is 0.258 e. The molecule has 0 aliphatic carbocycles. The Hall–Kier alpha value is -2.95. The molecule has 0 spiro atoms. The summed E-state index contributed by atoms with van der Waals surface area (Å²) in [6, 6.07) is 14.7. The predicted octanol–water partition coefficient (Wildman–Crippen LogP) is 3.08. The average molecular weight is 294 g/mol. The van der Waals surface area contributed by atoms with Gasteiger partial charge in [0.2, 0.25) is 0 Å². The van der Waals surface area contributed by atoms with E-state index in [1.165, 1.54) is 12.1 Å². The molecule has 110 valence electrons. The lowest BCUT2D eigenvalue weighted by atomic mass is 10.2. The highest BCUT2D eigenvalue weighted by molar-refractivity contribution is 5.75. The molecule has 0 aliphatic heterocycles. The van der Waals surface area contributed by atoms with Crippen molar-refractivity contribution in [1.82, 2.24) is 4.57 Å². The van der Waals surface area contributed by atoms with Gasteiger partial charge in [-0.1, -0.05) is 12.1 Å². The van der Waals surface area contributed by atoms with Crippen LogP contribution in [-0.2, 0) is 14.1 Å². The second kappa shape index (κ2) is 5.44. The molecule has 0 aliphatic rings. The van der Waals surface area contributed by atoms with Crippen LogP contribution in [0.2, 0.25) is 0 Å². The van der Waals surface area contributed by atoms with E-state index in [-0.39, 0.29) is 5.69 Å². The van der Waals surface area contributed by atoms with Crippen molar-refractivity contribution in [3.05, 3.63) is 70.0 Å². The van der Waals surface area contributed by atoms with Crippen molar-refractivity contribution in [3.8, 4) is 0 Å². The standard InChI is InChI=1S/C17H16N3O2/c1-18-15-5-3-4-6-16(15)19(2)17(18)12-9-13-7-10-14(11-8-13)20(21)22/h3-12H,1-2H3/q+1/b12-9+. The first-order valence-corrected chi connectivity index (χ1v) is 6.94. The molecule has 5 heteroatoms. The highest BCUT2D eigenvalue weighted by atomic mass is 16.6. The number of aryl methyl sites for hydroxylation is 2. The van der Waals surface area contributed by atoms with Crippen molar-refractivity contribution in [1.29, 1.82) is 0 Å². The van der Waals surface area contributed by atoms with Crippen LogP contribution in [0.15, 0.2) is 48.5 Å². The molecule has 0 atom stereocenters. The van der Waals surface area contributed by atoms with Crippen LogP contribution in [0.5, 0.6) is 0 Å². The zero-order valence-electron chi connectivity index (χ0n) is 12.4. The van der Waals surface area contributed by atoms with E-state index in [0.717, 1.165) is 22.4 Å². The van der Waals surface area contributed by atoms with E-state index in [4.69, 9.17) is 0 Å². The lowest BCUT2D eigenvalue weighted by Gasteiger charge is -1.94. The van der Waals surface area contributed by atoms with Gasteiger partial charge in [-0.3, -0.25) is 10.1 Å². The van der Waals surface area contributed by atoms with Gasteiger partial charge in [0.25, 0.3) is 11.5 Å². The summed E-state index contributed by atoms with van der Waals surface area (Å²) in [5.74, 6) is 1.06. The Bertz CT molecular complexity index is 838. The van der Waals surface area contributed by atoms with Crippen molar-refractivity contribution in [2.75, 3.05) is 0 Å². The number of aromatic nitrogens is 2. The number of nitrogens with zero attached hydrogens (tertiary/aromatic N) is 3. The van der Waals surface area contributed by atoms with Crippen LogP contribution in [0.4, 0.5) is 5.69 Å². The van der Waals surface area contributed by atoms with Gasteiger partial charge in [0.1, 0.15) is 0 Å². The molecule has 3 aromatic rings. The van der Waals surface area contributed by atoms with E-state index in [0.29, 0.717) is 0 Å². The van der Waals surface area contributed by atoms with Gasteiger partial charge in [0.05, 0.1) is 19.0 Å². The van der Waals surface area contributed by atoms with Gasteiger partial charge < -0.3 is 0 Å². The topological polar surface area (TPSA) is 51.9 Å². The molecule has 0 bridgehead atoms. The number of hydrogen-bond donors (Lipinski definition) is 0. The molecule has 1 aromatic heterocycles. The lowest BCUT2D eigenvalue weighted by Crippen LogP contribution is -2.30. The molecule has 0 radical (unpaired) electrons. The monoisotopic (exact) mass is 294 g/mol. The van der Waals surface area contributed by atoms with Gasteiger partial charge in [0.15, 0.2) is 11.0 Å². The van der Waals surface area contributed by atoms with E-state index in [1.807, 2.05) is 38.4 Å². The Morgan fingerprint density at radius 1 is 1.09 bits per heavy atom. The van der Waals surface area contributed by atoms with Crippen LogP contribution < -0.4 is 4.57 Å². The third-order valence-electron chi connectivity index (χ3n) is 3.82. The maximum Gasteiger partial charge on any atom is 0.281 e. The molecular weight excluding hydrogens is 278 g/mol. The first kappa shape index (κ1) is 14.0. The summed E-state index contributed by atoms with van der Waals surface area (Å²) in [5.41, 5.74) is 3.35. The number of rotatable bonds is 3. The second-order valence-corrected chi connectivity index (χ2v) is 5.15. The molecule has 0 fully saturated rings. The number of nitro groups is 1. The van der Waals surface area contributed by atoms with Crippen LogP contribution in [-0.4, -0.2) is 9.49 Å². The van der Waals surface area contributed by atoms with E-state index in [9.17, 15) is 10.1 Å². The summed E-state index contributed by atoms with van der Waals surface area (Å²) in [5, 5.41) is 10.7. The van der Waals surface area contributed by atoms with Crippen molar-refractivity contribution in [2.24, 2.45) is 14.1 Å². The largest absolute Gasteiger partial charge is 0.281 e. The number of benzene rings is 2. The van der Waals surface area contributed by atoms with E-state index in [1.54, 1.807) is 12.1 Å². The Morgan fingerprint density at radius 3 is 2.41 bits per heavy atom. The molecule has 0 saturated heterocycles. The molecule has 1 heterocycles. The molecule has 0 saturated carbocycles. The fraction of sp³-hybridized carbons (Fsp3) is 0.118. The number of hydrogen-bond acceptors (Lipinski definition) is 2. The normalized spacial score (nSPS) is 11.4. The number of imidazole rings is 1. The summed E-state index contributed by atoms with van der Waals surface area (Å²) in [6.45, 7) is 0. The summed E-state index contributed by atoms with van der Waals surface area (Å²) < 4.78 is 4.24. The fourth-order valence-corrected chi connectivity index (χ4v) is 2.60. The van der Waals surface area contributed by atoms with Crippen molar-refractivity contribution in [3.63, 3.8) is 0 Å². The maximum absolute atomic E-state index is 10.7. The summed E-state index contributed by atoms with van der Waals surface area (Å²) in [7, 11) is 4.05. The maximum atomic E-state index is 10.7. The number of non-ortho nitro benzene ring substituents is 1. The third-order valence-corrected chi connectivity index (χ3v) is 3.82. The minimum atomic E-state index is -0.391. The van der Waals surface area contributed by atoms with Gasteiger partial charge in [-0.15, -0.1) is 0 Å². The van der Waals surface area contributed by atoms with Crippen LogP contribution >= 0.6 is 0 Å². The average Bonchev–Trinajstić information content (AvgIpc) is 2.78. The van der Waals surface area contributed by atoms with E-state index < -0.39 is 4.92 Å². The zero-order chi connectivity index (χ0) is 15.7. The minimum absolute atomic E-state index is 0.104. The van der Waals surface area contributed by atoms with Crippen molar-refractivity contribution >= 4 is 28.9 Å². The molecule has 22 heavy (non-hydrogen) atoms. The summed E-state index contributed by atoms with van der Waals surface area (Å²) in [6.07, 6.45) is 3.97. The Labute approximate surface area is 127 Å². The third kappa shape index (κ3) is 2.37. The molecule has 0 amide bonds. The SMILES string of the molecule is Cn1c(/C=C/c2ccc([N+](=O)[O-])cc2)[n+](C)c2ccccc21. The van der Waals surface area contributed by atoms with Crippen molar-refractivity contribution in [2.45, 2.75) is 0 Å². The Balaban J connectivity index is 1.97. The van der Waals surface area contributed by atoms with Gasteiger partial charge in [-0.05, 0) is 35.9 Å². The van der Waals surface area contributed by atoms with Crippen LogP contribution in [0.25, 0.3) is 23.2 Å². The molecule has 0 N–H and O–H groups in total. The molecular formula is C17H16N3O2+. The van der Waals surface area contributed by atoms with Gasteiger partial charge >= 0.3 is 0 Å². The summed E-state index contributed by atoms with van der Waals surface area (Å²) in [4.78, 5) is 10.3. The molecule has 2 aromatic carbocycles. The predicted molar refractivity (Wildman–Crippen MR) is 86.1 cm³/mol. The zero-order valence-corrected chi connectivity index (χ0v) is 12.4. The summed E-state index contributed by atoms with van der Waals surface area (Å²) >= 11 is 0. The Morgan fingerprint density at radius 2 is 1.77 bits per heavy atom. The van der Waals surface area contributed by atoms with Crippen LogP contribution in [0, 0.1) is 10.1 Å². The number of nitro benzene ring substituents is 1. The van der Waals surface area contributed by atoms with Gasteiger partial charge in [-0.25, -0.2) is 9.13 Å². The van der Waals surface area contributed by atoms with Crippen LogP contribution in [0.3, 0.4) is 0 Å². The molecule has 0 unspecified atom stereocenters. The van der Waals surface area contributed by atoms with Gasteiger partial charge in [-0.2, -0.15) is 0 Å². The first-order valence-electron chi connectivity index (χ1n) is 6.94. The molecule has 5 nitrogen and oxygen atoms in total. The van der Waals surface area contributed by atoms with Crippen molar-refractivity contribution < 1.29 is 9.49 Å². The first-order chi connectivity index (χ1) is 10.6. The second-order valence-electron chi connectivity index (χ2n) is 5.15. The molecule has 3 rings (SSSR count). The fourth-order valence-electron chi connectivity index (χ4n) is 2.60. The lowest BCUT2D eigenvalue weighted by molar-refractivity contribution is -0.647. The minimum Gasteiger partial charge on any atom is -0.258 e. The number of fused-ring (bicyclic) bond motifs is 1. The quantitative estimate of drug-likeness (QED) is 0.423. The van der Waals surface area contributed by atoms with E-state index in [2.05, 4.69) is 21.3 Å². The van der Waals surface area contributed by atoms with E-state index >= 15 is 0 Å². The van der Waals surface area contributed by atoms with Crippen LogP contribution in [0.1, 0.15) is 11.4 Å². The highest BCUT2D eigenvalue weighted by Crippen LogP contribution is 2.16. The highest BCUT2D eigenvalue weighted by Gasteiger charge is 2.16. The van der Waals surface area contributed by atoms with Gasteiger partial charge in [0, 0.05) is 18.2 Å². The Kier molecular flexibility index (Phi) is 3.47. The number of para-hydroxylation sites is 2.